The number of aliphatic hydroxyl groups excluding tert-OH is 1. The van der Waals surface area contributed by atoms with Gasteiger partial charge in [0.1, 0.15) is 12.4 Å². The SMILES string of the molecule is CC(O)COc1ccc(Cl)cc1[C@H](C)N. The lowest BCUT2D eigenvalue weighted by Gasteiger charge is -2.15. The molecule has 0 radical (unpaired) electrons. The molecule has 0 aliphatic heterocycles. The highest BCUT2D eigenvalue weighted by Gasteiger charge is 2.09. The van der Waals surface area contributed by atoms with Crippen LogP contribution in [0.15, 0.2) is 18.2 Å². The number of benzene rings is 1. The van der Waals surface area contributed by atoms with E-state index in [1.807, 2.05) is 6.92 Å². The molecule has 15 heavy (non-hydrogen) atoms. The Labute approximate surface area is 94.8 Å². The zero-order valence-corrected chi connectivity index (χ0v) is 9.66. The van der Waals surface area contributed by atoms with Gasteiger partial charge in [-0.05, 0) is 32.0 Å². The monoisotopic (exact) mass is 229 g/mol. The van der Waals surface area contributed by atoms with E-state index in [-0.39, 0.29) is 12.6 Å². The van der Waals surface area contributed by atoms with E-state index in [0.29, 0.717) is 10.8 Å². The summed E-state index contributed by atoms with van der Waals surface area (Å²) in [5, 5.41) is 9.75. The maximum atomic E-state index is 9.12. The van der Waals surface area contributed by atoms with Crippen LogP contribution in [-0.4, -0.2) is 17.8 Å². The molecule has 1 aromatic rings. The molecule has 4 heteroatoms. The van der Waals surface area contributed by atoms with Crippen molar-refractivity contribution in [3.63, 3.8) is 0 Å². The first kappa shape index (κ1) is 12.3. The number of hydrogen-bond donors (Lipinski definition) is 2. The summed E-state index contributed by atoms with van der Waals surface area (Å²) >= 11 is 5.86. The molecular formula is C11H16ClNO2. The standard InChI is InChI=1S/C11H16ClNO2/c1-7(14)6-15-11-4-3-9(12)5-10(11)8(2)13/h3-5,7-8,14H,6,13H2,1-2H3/t7?,8-/m0/s1. The van der Waals surface area contributed by atoms with Crippen LogP contribution in [0, 0.1) is 0 Å². The number of halogens is 1. The van der Waals surface area contributed by atoms with Crippen LogP contribution in [0.5, 0.6) is 5.75 Å². The molecule has 0 amide bonds. The Bertz CT molecular complexity index is 326. The lowest BCUT2D eigenvalue weighted by Crippen LogP contribution is -2.15. The van der Waals surface area contributed by atoms with Gasteiger partial charge in [0, 0.05) is 16.6 Å². The number of nitrogens with two attached hydrogens (primary N) is 1. The Morgan fingerprint density at radius 1 is 1.47 bits per heavy atom. The third kappa shape index (κ3) is 3.70. The van der Waals surface area contributed by atoms with Crippen LogP contribution in [0.25, 0.3) is 0 Å². The molecule has 0 aliphatic rings. The normalized spacial score (nSPS) is 14.7. The molecule has 3 N–H and O–H groups in total. The zero-order valence-electron chi connectivity index (χ0n) is 8.90. The van der Waals surface area contributed by atoms with E-state index in [1.54, 1.807) is 25.1 Å². The van der Waals surface area contributed by atoms with E-state index in [4.69, 9.17) is 27.2 Å². The smallest absolute Gasteiger partial charge is 0.124 e. The van der Waals surface area contributed by atoms with E-state index in [2.05, 4.69) is 0 Å². The van der Waals surface area contributed by atoms with E-state index in [9.17, 15) is 0 Å². The molecular weight excluding hydrogens is 214 g/mol. The highest BCUT2D eigenvalue weighted by Crippen LogP contribution is 2.27. The Hall–Kier alpha value is -0.770. The Morgan fingerprint density at radius 3 is 2.67 bits per heavy atom. The maximum absolute atomic E-state index is 9.12. The van der Waals surface area contributed by atoms with Crippen LogP contribution in [-0.2, 0) is 0 Å². The minimum absolute atomic E-state index is 0.146. The highest BCUT2D eigenvalue weighted by atomic mass is 35.5. The zero-order chi connectivity index (χ0) is 11.4. The van der Waals surface area contributed by atoms with E-state index >= 15 is 0 Å². The van der Waals surface area contributed by atoms with Crippen molar-refractivity contribution < 1.29 is 9.84 Å². The fraction of sp³-hybridized carbons (Fsp3) is 0.455. The summed E-state index contributed by atoms with van der Waals surface area (Å²) in [6, 6.07) is 5.14. The predicted molar refractivity (Wildman–Crippen MR) is 61.2 cm³/mol. The quantitative estimate of drug-likeness (QED) is 0.832. The van der Waals surface area contributed by atoms with Crippen LogP contribution in [0.2, 0.25) is 5.02 Å². The molecule has 84 valence electrons. The molecule has 1 aromatic carbocycles. The third-order valence-electron chi connectivity index (χ3n) is 1.94. The van der Waals surface area contributed by atoms with Gasteiger partial charge in [-0.25, -0.2) is 0 Å². The molecule has 0 fully saturated rings. The largest absolute Gasteiger partial charge is 0.491 e. The van der Waals surface area contributed by atoms with Crippen molar-refractivity contribution in [2.24, 2.45) is 5.73 Å². The van der Waals surface area contributed by atoms with Crippen molar-refractivity contribution in [2.75, 3.05) is 6.61 Å². The molecule has 2 atom stereocenters. The first-order valence-corrected chi connectivity index (χ1v) is 5.24. The summed E-state index contributed by atoms with van der Waals surface area (Å²) in [5.41, 5.74) is 6.64. The van der Waals surface area contributed by atoms with Crippen LogP contribution in [0.3, 0.4) is 0 Å². The van der Waals surface area contributed by atoms with Crippen LogP contribution >= 0.6 is 11.6 Å². The van der Waals surface area contributed by atoms with E-state index in [1.165, 1.54) is 0 Å². The van der Waals surface area contributed by atoms with Gasteiger partial charge in [0.15, 0.2) is 0 Å². The number of ether oxygens (including phenoxy) is 1. The third-order valence-corrected chi connectivity index (χ3v) is 2.18. The summed E-state index contributed by atoms with van der Waals surface area (Å²) in [6.45, 7) is 3.78. The molecule has 0 saturated carbocycles. The second-order valence-electron chi connectivity index (χ2n) is 3.63. The first-order chi connectivity index (χ1) is 7.00. The fourth-order valence-corrected chi connectivity index (χ4v) is 1.40. The minimum Gasteiger partial charge on any atom is -0.491 e. The van der Waals surface area contributed by atoms with Crippen LogP contribution in [0.1, 0.15) is 25.5 Å². The lowest BCUT2D eigenvalue weighted by molar-refractivity contribution is 0.122. The van der Waals surface area contributed by atoms with Gasteiger partial charge in [-0.2, -0.15) is 0 Å². The number of hydrogen-bond acceptors (Lipinski definition) is 3. The van der Waals surface area contributed by atoms with Crippen molar-refractivity contribution >= 4 is 11.6 Å². The fourth-order valence-electron chi connectivity index (χ4n) is 1.22. The molecule has 0 bridgehead atoms. The van der Waals surface area contributed by atoms with Gasteiger partial charge in [-0.3, -0.25) is 0 Å². The number of rotatable bonds is 4. The van der Waals surface area contributed by atoms with E-state index < -0.39 is 6.10 Å². The van der Waals surface area contributed by atoms with Crippen molar-refractivity contribution in [3.05, 3.63) is 28.8 Å². The Kier molecular flexibility index (Phi) is 4.39. The van der Waals surface area contributed by atoms with Gasteiger partial charge in [-0.1, -0.05) is 11.6 Å². The highest BCUT2D eigenvalue weighted by molar-refractivity contribution is 6.30. The summed E-state index contributed by atoms with van der Waals surface area (Å²) in [4.78, 5) is 0. The molecule has 3 nitrogen and oxygen atoms in total. The van der Waals surface area contributed by atoms with Gasteiger partial charge >= 0.3 is 0 Å². The second-order valence-corrected chi connectivity index (χ2v) is 4.07. The summed E-state index contributed by atoms with van der Waals surface area (Å²) in [6.07, 6.45) is -0.499. The van der Waals surface area contributed by atoms with Gasteiger partial charge in [0.05, 0.1) is 6.10 Å². The average molecular weight is 230 g/mol. The topological polar surface area (TPSA) is 55.5 Å². The maximum Gasteiger partial charge on any atom is 0.124 e. The van der Waals surface area contributed by atoms with E-state index in [0.717, 1.165) is 5.56 Å². The van der Waals surface area contributed by atoms with Crippen molar-refractivity contribution in [1.29, 1.82) is 0 Å². The second kappa shape index (κ2) is 5.35. The average Bonchev–Trinajstić information content (AvgIpc) is 2.15. The van der Waals surface area contributed by atoms with Gasteiger partial charge in [-0.15, -0.1) is 0 Å². The Balaban J connectivity index is 2.86. The molecule has 1 rings (SSSR count). The first-order valence-electron chi connectivity index (χ1n) is 4.86. The summed E-state index contributed by atoms with van der Waals surface area (Å²) < 4.78 is 5.43. The lowest BCUT2D eigenvalue weighted by atomic mass is 10.1. The summed E-state index contributed by atoms with van der Waals surface area (Å²) in [7, 11) is 0. The molecule has 0 aromatic heterocycles. The van der Waals surface area contributed by atoms with Crippen molar-refractivity contribution in [2.45, 2.75) is 26.0 Å². The van der Waals surface area contributed by atoms with Gasteiger partial charge in [0.2, 0.25) is 0 Å². The molecule has 0 spiro atoms. The van der Waals surface area contributed by atoms with Gasteiger partial charge in [0.25, 0.3) is 0 Å². The molecule has 1 unspecified atom stereocenters. The minimum atomic E-state index is -0.499. The van der Waals surface area contributed by atoms with Gasteiger partial charge < -0.3 is 15.6 Å². The Morgan fingerprint density at radius 2 is 2.13 bits per heavy atom. The molecule has 0 saturated heterocycles. The van der Waals surface area contributed by atoms with Crippen molar-refractivity contribution in [1.82, 2.24) is 0 Å². The van der Waals surface area contributed by atoms with Crippen LogP contribution < -0.4 is 10.5 Å². The predicted octanol–water partition coefficient (Wildman–Crippen LogP) is 2.12. The number of aliphatic hydroxyl groups is 1. The van der Waals surface area contributed by atoms with Crippen molar-refractivity contribution in [3.8, 4) is 5.75 Å². The molecule has 0 aliphatic carbocycles. The van der Waals surface area contributed by atoms with Crippen LogP contribution in [0.4, 0.5) is 0 Å². The summed E-state index contributed by atoms with van der Waals surface area (Å²) in [5.74, 6) is 0.676. The molecule has 0 heterocycles.